The highest BCUT2D eigenvalue weighted by Gasteiger charge is 2.28. The number of hydrogen-bond donors (Lipinski definition) is 1. The number of esters is 1. The molecule has 1 aromatic carbocycles. The summed E-state index contributed by atoms with van der Waals surface area (Å²) in [6, 6.07) is 5.51. The molecule has 0 radical (unpaired) electrons. The molecular weight excluding hydrogens is 356 g/mol. The molecule has 0 spiro atoms. The van der Waals surface area contributed by atoms with Gasteiger partial charge in [-0.25, -0.2) is 0 Å². The summed E-state index contributed by atoms with van der Waals surface area (Å²) < 4.78 is 5.00. The highest BCUT2D eigenvalue weighted by molar-refractivity contribution is 5.71. The number of carbonyl (C=O) groups is 1. The fourth-order valence-corrected chi connectivity index (χ4v) is 4.22. The van der Waals surface area contributed by atoms with E-state index in [4.69, 9.17) is 4.74 Å². The number of anilines is 1. The molecule has 1 aliphatic rings. The number of hydrogen-bond acceptors (Lipinski definition) is 5. The average Bonchev–Trinajstić information content (AvgIpc) is 2.66. The van der Waals surface area contributed by atoms with E-state index in [9.17, 15) is 14.9 Å². The lowest BCUT2D eigenvalue weighted by atomic mass is 9.79. The van der Waals surface area contributed by atoms with Crippen molar-refractivity contribution in [3.05, 3.63) is 33.9 Å². The summed E-state index contributed by atoms with van der Waals surface area (Å²) >= 11 is 0. The quantitative estimate of drug-likeness (QED) is 0.334. The Morgan fingerprint density at radius 2 is 1.93 bits per heavy atom. The van der Waals surface area contributed by atoms with Gasteiger partial charge in [0.05, 0.1) is 18.0 Å². The first-order valence-corrected chi connectivity index (χ1v) is 10.5. The summed E-state index contributed by atoms with van der Waals surface area (Å²) in [5.41, 5.74) is 1.43. The zero-order valence-electron chi connectivity index (χ0n) is 17.6. The number of nitro groups is 1. The van der Waals surface area contributed by atoms with Crippen molar-refractivity contribution in [3.63, 3.8) is 0 Å². The standard InChI is InChI=1S/C22H34N2O4/c1-5-28-21(25)13-16(4)18-11-12-19(20(14-18)24(26)27)23-22(15(2)3)17-9-7-6-8-10-17/h11-12,14-17,22-23H,5-10,13H2,1-4H3/t16-,22-/m0/s1. The SMILES string of the molecule is CCOC(=O)C[C@H](C)c1ccc(N[C@@H](C(C)C)C2CCCCC2)c([N+](=O)[O-])c1. The Morgan fingerprint density at radius 3 is 2.50 bits per heavy atom. The molecule has 0 saturated heterocycles. The molecule has 156 valence electrons. The van der Waals surface area contributed by atoms with Crippen LogP contribution in [0.15, 0.2) is 18.2 Å². The van der Waals surface area contributed by atoms with Gasteiger partial charge in [-0.1, -0.05) is 46.1 Å². The lowest BCUT2D eigenvalue weighted by molar-refractivity contribution is -0.384. The Labute approximate surface area is 168 Å². The van der Waals surface area contributed by atoms with Crippen LogP contribution >= 0.6 is 0 Å². The Hall–Kier alpha value is -2.11. The molecule has 1 saturated carbocycles. The predicted molar refractivity (Wildman–Crippen MR) is 112 cm³/mol. The van der Waals surface area contributed by atoms with Crippen LogP contribution in [0, 0.1) is 22.0 Å². The molecule has 1 N–H and O–H groups in total. The van der Waals surface area contributed by atoms with E-state index in [-0.39, 0.29) is 35.0 Å². The molecular formula is C22H34N2O4. The fraction of sp³-hybridized carbons (Fsp3) is 0.682. The average molecular weight is 391 g/mol. The van der Waals surface area contributed by atoms with Gasteiger partial charge in [0.25, 0.3) is 5.69 Å². The van der Waals surface area contributed by atoms with Gasteiger partial charge in [0, 0.05) is 12.1 Å². The predicted octanol–water partition coefficient (Wildman–Crippen LogP) is 5.67. The Morgan fingerprint density at radius 1 is 1.25 bits per heavy atom. The monoisotopic (exact) mass is 390 g/mol. The van der Waals surface area contributed by atoms with Gasteiger partial charge in [0.2, 0.25) is 0 Å². The minimum atomic E-state index is -0.332. The molecule has 0 aromatic heterocycles. The molecule has 1 fully saturated rings. The molecule has 1 aromatic rings. The third-order valence-electron chi connectivity index (χ3n) is 5.76. The van der Waals surface area contributed by atoms with Crippen LogP contribution in [0.3, 0.4) is 0 Å². The van der Waals surface area contributed by atoms with Crippen molar-refractivity contribution in [1.29, 1.82) is 0 Å². The number of nitrogens with one attached hydrogen (secondary N) is 1. The molecule has 0 heterocycles. The van der Waals surface area contributed by atoms with Crippen molar-refractivity contribution >= 4 is 17.3 Å². The maximum Gasteiger partial charge on any atom is 0.306 e. The molecule has 6 nitrogen and oxygen atoms in total. The highest BCUT2D eigenvalue weighted by Crippen LogP contribution is 2.35. The summed E-state index contributed by atoms with van der Waals surface area (Å²) in [5.74, 6) is 0.531. The molecule has 0 unspecified atom stereocenters. The number of nitrogens with zero attached hydrogens (tertiary/aromatic N) is 1. The third-order valence-corrected chi connectivity index (χ3v) is 5.76. The van der Waals surface area contributed by atoms with Gasteiger partial charge in [-0.15, -0.1) is 0 Å². The first-order chi connectivity index (χ1) is 13.3. The van der Waals surface area contributed by atoms with Gasteiger partial charge in [-0.3, -0.25) is 14.9 Å². The number of nitro benzene ring substituents is 1. The van der Waals surface area contributed by atoms with Crippen molar-refractivity contribution in [3.8, 4) is 0 Å². The normalized spacial score (nSPS) is 17.2. The van der Waals surface area contributed by atoms with E-state index >= 15 is 0 Å². The van der Waals surface area contributed by atoms with Crippen molar-refractivity contribution in [1.82, 2.24) is 0 Å². The van der Waals surface area contributed by atoms with Crippen molar-refractivity contribution in [2.24, 2.45) is 11.8 Å². The van der Waals surface area contributed by atoms with Crippen LogP contribution in [0.1, 0.15) is 77.7 Å². The second-order valence-corrected chi connectivity index (χ2v) is 8.26. The maximum absolute atomic E-state index is 11.7. The van der Waals surface area contributed by atoms with E-state index in [0.717, 1.165) is 5.56 Å². The number of rotatable bonds is 9. The lowest BCUT2D eigenvalue weighted by Crippen LogP contribution is -2.35. The molecule has 28 heavy (non-hydrogen) atoms. The van der Waals surface area contributed by atoms with Gasteiger partial charge >= 0.3 is 5.97 Å². The first kappa shape index (κ1) is 22.2. The third kappa shape index (κ3) is 5.94. The molecule has 6 heteroatoms. The molecule has 0 bridgehead atoms. The van der Waals surface area contributed by atoms with E-state index in [1.807, 2.05) is 13.0 Å². The van der Waals surface area contributed by atoms with E-state index in [1.165, 1.54) is 32.1 Å². The summed E-state index contributed by atoms with van der Waals surface area (Å²) in [6.07, 6.45) is 6.34. The van der Waals surface area contributed by atoms with E-state index in [2.05, 4.69) is 19.2 Å². The summed E-state index contributed by atoms with van der Waals surface area (Å²) in [7, 11) is 0. The maximum atomic E-state index is 11.7. The molecule has 0 amide bonds. The van der Waals surface area contributed by atoms with Gasteiger partial charge < -0.3 is 10.1 Å². The minimum absolute atomic E-state index is 0.0784. The van der Waals surface area contributed by atoms with Gasteiger partial charge in [-0.2, -0.15) is 0 Å². The number of benzene rings is 1. The van der Waals surface area contributed by atoms with Crippen LogP contribution < -0.4 is 5.32 Å². The van der Waals surface area contributed by atoms with Crippen LogP contribution in [0.5, 0.6) is 0 Å². The zero-order chi connectivity index (χ0) is 20.7. The summed E-state index contributed by atoms with van der Waals surface area (Å²) in [4.78, 5) is 23.1. The topological polar surface area (TPSA) is 81.5 Å². The van der Waals surface area contributed by atoms with Crippen LogP contribution in [0.2, 0.25) is 0 Å². The smallest absolute Gasteiger partial charge is 0.306 e. The van der Waals surface area contributed by atoms with Crippen molar-refractivity contribution in [2.75, 3.05) is 11.9 Å². The summed E-state index contributed by atoms with van der Waals surface area (Å²) in [6.45, 7) is 8.35. The Kier molecular flexibility index (Phi) is 8.27. The first-order valence-electron chi connectivity index (χ1n) is 10.5. The minimum Gasteiger partial charge on any atom is -0.466 e. The van der Waals surface area contributed by atoms with Crippen molar-refractivity contribution < 1.29 is 14.5 Å². The highest BCUT2D eigenvalue weighted by atomic mass is 16.6. The molecule has 0 aliphatic heterocycles. The number of ether oxygens (including phenoxy) is 1. The van der Waals surface area contributed by atoms with Gasteiger partial charge in [0.15, 0.2) is 0 Å². The van der Waals surface area contributed by atoms with Crippen LogP contribution in [-0.2, 0) is 9.53 Å². The van der Waals surface area contributed by atoms with E-state index in [0.29, 0.717) is 24.1 Å². The summed E-state index contributed by atoms with van der Waals surface area (Å²) in [5, 5.41) is 15.2. The van der Waals surface area contributed by atoms with Crippen LogP contribution in [-0.4, -0.2) is 23.5 Å². The largest absolute Gasteiger partial charge is 0.466 e. The van der Waals surface area contributed by atoms with Crippen molar-refractivity contribution in [2.45, 2.75) is 78.2 Å². The zero-order valence-corrected chi connectivity index (χ0v) is 17.6. The number of carbonyl (C=O) groups excluding carboxylic acids is 1. The fourth-order valence-electron chi connectivity index (χ4n) is 4.22. The Balaban J connectivity index is 2.21. The van der Waals surface area contributed by atoms with Crippen LogP contribution in [0.4, 0.5) is 11.4 Å². The second-order valence-electron chi connectivity index (χ2n) is 8.26. The van der Waals surface area contributed by atoms with Gasteiger partial charge in [0.1, 0.15) is 5.69 Å². The van der Waals surface area contributed by atoms with E-state index in [1.54, 1.807) is 19.1 Å². The second kappa shape index (κ2) is 10.4. The molecule has 2 atom stereocenters. The van der Waals surface area contributed by atoms with Gasteiger partial charge in [-0.05, 0) is 49.1 Å². The van der Waals surface area contributed by atoms with Crippen LogP contribution in [0.25, 0.3) is 0 Å². The van der Waals surface area contributed by atoms with E-state index < -0.39 is 0 Å². The molecule has 1 aliphatic carbocycles. The molecule has 2 rings (SSSR count). The lowest BCUT2D eigenvalue weighted by Gasteiger charge is -2.34. The Bertz CT molecular complexity index is 669.